The van der Waals surface area contributed by atoms with Gasteiger partial charge in [0.2, 0.25) is 0 Å². The van der Waals surface area contributed by atoms with Crippen LogP contribution in [0.3, 0.4) is 0 Å². The van der Waals surface area contributed by atoms with Crippen LogP contribution in [-0.2, 0) is 0 Å². The highest BCUT2D eigenvalue weighted by molar-refractivity contribution is 6.31. The van der Waals surface area contributed by atoms with Crippen molar-refractivity contribution in [3.63, 3.8) is 0 Å². The Bertz CT molecular complexity index is 668. The fraction of sp³-hybridized carbons (Fsp3) is 0.267. The molecule has 0 spiro atoms. The number of rotatable bonds is 4. The van der Waals surface area contributed by atoms with E-state index in [0.717, 1.165) is 18.4 Å². The molecular weight excluding hydrogens is 288 g/mol. The molecule has 5 nitrogen and oxygen atoms in total. The van der Waals surface area contributed by atoms with Crippen molar-refractivity contribution in [3.8, 4) is 0 Å². The number of amides is 1. The van der Waals surface area contributed by atoms with Crippen molar-refractivity contribution in [2.45, 2.75) is 25.8 Å². The maximum absolute atomic E-state index is 12.1. The van der Waals surface area contributed by atoms with Crippen molar-refractivity contribution < 1.29 is 4.79 Å². The Morgan fingerprint density at radius 2 is 2.05 bits per heavy atom. The summed E-state index contributed by atoms with van der Waals surface area (Å²) in [7, 11) is 0. The standard InChI is InChI=1S/C15H15ClN4O/c1-9-2-3-11(8-12(9)16)18-15(21)13-6-7-14(20-19-13)17-10-4-5-10/h2-3,6-8,10H,4-5H2,1H3,(H,17,20)(H,18,21). The molecule has 1 aliphatic rings. The first-order valence-corrected chi connectivity index (χ1v) is 7.17. The number of halogens is 1. The fourth-order valence-electron chi connectivity index (χ4n) is 1.83. The summed E-state index contributed by atoms with van der Waals surface area (Å²) in [4.78, 5) is 12.1. The molecule has 3 rings (SSSR count). The normalized spacial score (nSPS) is 13.8. The number of benzene rings is 1. The summed E-state index contributed by atoms with van der Waals surface area (Å²) < 4.78 is 0. The number of hydrogen-bond acceptors (Lipinski definition) is 4. The van der Waals surface area contributed by atoms with Gasteiger partial charge in [-0.25, -0.2) is 0 Å². The average Bonchev–Trinajstić information content (AvgIpc) is 3.28. The zero-order valence-electron chi connectivity index (χ0n) is 11.6. The molecule has 21 heavy (non-hydrogen) atoms. The summed E-state index contributed by atoms with van der Waals surface area (Å²) in [6, 6.07) is 9.30. The van der Waals surface area contributed by atoms with Gasteiger partial charge in [0, 0.05) is 16.8 Å². The van der Waals surface area contributed by atoms with Gasteiger partial charge in [0.15, 0.2) is 5.69 Å². The van der Waals surface area contributed by atoms with E-state index >= 15 is 0 Å². The van der Waals surface area contributed by atoms with Crippen molar-refractivity contribution in [3.05, 3.63) is 46.6 Å². The summed E-state index contributed by atoms with van der Waals surface area (Å²) in [5.74, 6) is 0.396. The molecule has 1 heterocycles. The number of aromatic nitrogens is 2. The van der Waals surface area contributed by atoms with Gasteiger partial charge in [-0.05, 0) is 49.6 Å². The van der Waals surface area contributed by atoms with Crippen molar-refractivity contribution in [1.29, 1.82) is 0 Å². The second-order valence-electron chi connectivity index (χ2n) is 5.14. The van der Waals surface area contributed by atoms with Crippen LogP contribution < -0.4 is 10.6 Å². The molecule has 2 aromatic rings. The molecule has 108 valence electrons. The summed E-state index contributed by atoms with van der Waals surface area (Å²) in [6.45, 7) is 1.91. The van der Waals surface area contributed by atoms with Crippen molar-refractivity contribution >= 4 is 29.0 Å². The molecule has 0 aliphatic heterocycles. The van der Waals surface area contributed by atoms with Gasteiger partial charge in [-0.2, -0.15) is 0 Å². The molecule has 0 unspecified atom stereocenters. The van der Waals surface area contributed by atoms with E-state index in [0.29, 0.717) is 22.6 Å². The lowest BCUT2D eigenvalue weighted by atomic mass is 10.2. The highest BCUT2D eigenvalue weighted by atomic mass is 35.5. The van der Waals surface area contributed by atoms with Crippen LogP contribution >= 0.6 is 11.6 Å². The molecule has 0 radical (unpaired) electrons. The van der Waals surface area contributed by atoms with E-state index in [9.17, 15) is 4.79 Å². The van der Waals surface area contributed by atoms with Crippen LogP contribution in [0.5, 0.6) is 0 Å². The van der Waals surface area contributed by atoms with E-state index in [1.165, 1.54) is 0 Å². The van der Waals surface area contributed by atoms with E-state index in [2.05, 4.69) is 20.8 Å². The Morgan fingerprint density at radius 1 is 1.24 bits per heavy atom. The van der Waals surface area contributed by atoms with Gasteiger partial charge in [-0.15, -0.1) is 10.2 Å². The van der Waals surface area contributed by atoms with Crippen LogP contribution in [0, 0.1) is 6.92 Å². The number of carbonyl (C=O) groups is 1. The minimum atomic E-state index is -0.305. The van der Waals surface area contributed by atoms with E-state index in [1.807, 2.05) is 13.0 Å². The second-order valence-corrected chi connectivity index (χ2v) is 5.55. The van der Waals surface area contributed by atoms with Gasteiger partial charge in [0.25, 0.3) is 5.91 Å². The minimum Gasteiger partial charge on any atom is -0.366 e. The third-order valence-corrected chi connectivity index (χ3v) is 3.66. The average molecular weight is 303 g/mol. The molecule has 1 saturated carbocycles. The van der Waals surface area contributed by atoms with Crippen LogP contribution in [-0.4, -0.2) is 22.1 Å². The fourth-order valence-corrected chi connectivity index (χ4v) is 2.01. The van der Waals surface area contributed by atoms with Crippen LogP contribution in [0.25, 0.3) is 0 Å². The Balaban J connectivity index is 1.67. The van der Waals surface area contributed by atoms with Gasteiger partial charge in [-0.3, -0.25) is 4.79 Å². The summed E-state index contributed by atoms with van der Waals surface area (Å²) in [5, 5.41) is 14.5. The molecule has 6 heteroatoms. The number of aryl methyl sites for hydroxylation is 1. The topological polar surface area (TPSA) is 66.9 Å². The van der Waals surface area contributed by atoms with Gasteiger partial charge in [0.1, 0.15) is 5.82 Å². The highest BCUT2D eigenvalue weighted by Crippen LogP contribution is 2.23. The maximum Gasteiger partial charge on any atom is 0.276 e. The monoisotopic (exact) mass is 302 g/mol. The van der Waals surface area contributed by atoms with Gasteiger partial charge in [-0.1, -0.05) is 17.7 Å². The molecule has 0 atom stereocenters. The van der Waals surface area contributed by atoms with E-state index in [4.69, 9.17) is 11.6 Å². The van der Waals surface area contributed by atoms with E-state index < -0.39 is 0 Å². The van der Waals surface area contributed by atoms with Gasteiger partial charge < -0.3 is 10.6 Å². The molecule has 1 aromatic heterocycles. The molecule has 2 N–H and O–H groups in total. The van der Waals surface area contributed by atoms with E-state index in [-0.39, 0.29) is 11.6 Å². The quantitative estimate of drug-likeness (QED) is 0.909. The highest BCUT2D eigenvalue weighted by Gasteiger charge is 2.21. The second kappa shape index (κ2) is 5.69. The molecule has 0 saturated heterocycles. The number of hydrogen-bond donors (Lipinski definition) is 2. The largest absolute Gasteiger partial charge is 0.366 e. The molecular formula is C15H15ClN4O. The lowest BCUT2D eigenvalue weighted by molar-refractivity contribution is 0.102. The molecule has 1 amide bonds. The lowest BCUT2D eigenvalue weighted by Crippen LogP contribution is -2.15. The SMILES string of the molecule is Cc1ccc(NC(=O)c2ccc(NC3CC3)nn2)cc1Cl. The van der Waals surface area contributed by atoms with Crippen molar-refractivity contribution in [2.75, 3.05) is 10.6 Å². The zero-order valence-corrected chi connectivity index (χ0v) is 12.3. The number of carbonyl (C=O) groups excluding carboxylic acids is 1. The Kier molecular flexibility index (Phi) is 3.75. The Labute approximate surface area is 127 Å². The first kappa shape index (κ1) is 13.8. The van der Waals surface area contributed by atoms with Crippen molar-refractivity contribution in [2.24, 2.45) is 0 Å². The Morgan fingerprint density at radius 3 is 2.67 bits per heavy atom. The van der Waals surface area contributed by atoms with Crippen molar-refractivity contribution in [1.82, 2.24) is 10.2 Å². The Hall–Kier alpha value is -2.14. The molecule has 1 aliphatic carbocycles. The smallest absolute Gasteiger partial charge is 0.276 e. The number of nitrogens with one attached hydrogen (secondary N) is 2. The lowest BCUT2D eigenvalue weighted by Gasteiger charge is -2.07. The maximum atomic E-state index is 12.1. The summed E-state index contributed by atoms with van der Waals surface area (Å²) in [5.41, 5.74) is 1.87. The first-order valence-electron chi connectivity index (χ1n) is 6.79. The first-order chi connectivity index (χ1) is 10.1. The number of nitrogens with zero attached hydrogens (tertiary/aromatic N) is 2. The molecule has 1 fully saturated rings. The number of anilines is 2. The van der Waals surface area contributed by atoms with Crippen LogP contribution in [0.4, 0.5) is 11.5 Å². The third-order valence-electron chi connectivity index (χ3n) is 3.26. The van der Waals surface area contributed by atoms with Crippen LogP contribution in [0.2, 0.25) is 5.02 Å². The van der Waals surface area contributed by atoms with Crippen LogP contribution in [0.15, 0.2) is 30.3 Å². The summed E-state index contributed by atoms with van der Waals surface area (Å²) >= 11 is 6.03. The predicted octanol–water partition coefficient (Wildman–Crippen LogP) is 3.27. The van der Waals surface area contributed by atoms with Gasteiger partial charge >= 0.3 is 0 Å². The molecule has 1 aromatic carbocycles. The predicted molar refractivity (Wildman–Crippen MR) is 82.8 cm³/mol. The minimum absolute atomic E-state index is 0.271. The molecule has 0 bridgehead atoms. The van der Waals surface area contributed by atoms with Gasteiger partial charge in [0.05, 0.1) is 0 Å². The summed E-state index contributed by atoms with van der Waals surface area (Å²) in [6.07, 6.45) is 2.33. The van der Waals surface area contributed by atoms with E-state index in [1.54, 1.807) is 24.3 Å². The van der Waals surface area contributed by atoms with Crippen LogP contribution in [0.1, 0.15) is 28.9 Å². The zero-order chi connectivity index (χ0) is 14.8. The third kappa shape index (κ3) is 3.49.